The van der Waals surface area contributed by atoms with E-state index < -0.39 is 11.2 Å². The summed E-state index contributed by atoms with van der Waals surface area (Å²) in [6.07, 6.45) is 0. The molecule has 104 valence electrons. The standard InChI is InChI=1S/C16H11ClFN3/c1-10(17)16-20-15-12(18)6-4-8-14(15)21(16)13-7-3-2-5-11(13)9-19/h2-8,10H,1H3. The Balaban J connectivity index is 2.43. The van der Waals surface area contributed by atoms with Gasteiger partial charge in [-0.1, -0.05) is 18.2 Å². The average molecular weight is 300 g/mol. The molecule has 0 fully saturated rings. The molecule has 1 atom stereocenters. The number of halogens is 2. The van der Waals surface area contributed by atoms with E-state index >= 15 is 0 Å². The molecule has 0 spiro atoms. The van der Waals surface area contributed by atoms with Crippen LogP contribution < -0.4 is 0 Å². The molecule has 5 heteroatoms. The Bertz CT molecular complexity index is 862. The number of fused-ring (bicyclic) bond motifs is 1. The van der Waals surface area contributed by atoms with Crippen LogP contribution in [0, 0.1) is 17.1 Å². The van der Waals surface area contributed by atoms with Crippen LogP contribution >= 0.6 is 11.6 Å². The van der Waals surface area contributed by atoms with Crippen molar-refractivity contribution in [3.63, 3.8) is 0 Å². The maximum absolute atomic E-state index is 14.0. The van der Waals surface area contributed by atoms with Crippen LogP contribution in [0.5, 0.6) is 0 Å². The van der Waals surface area contributed by atoms with E-state index in [1.807, 2.05) is 6.07 Å². The van der Waals surface area contributed by atoms with Gasteiger partial charge in [0.1, 0.15) is 17.4 Å². The minimum atomic E-state index is -0.413. The van der Waals surface area contributed by atoms with Crippen LogP contribution in [0.15, 0.2) is 42.5 Å². The smallest absolute Gasteiger partial charge is 0.151 e. The van der Waals surface area contributed by atoms with E-state index in [-0.39, 0.29) is 5.52 Å². The number of aromatic nitrogens is 2. The number of nitrogens with zero attached hydrogens (tertiary/aromatic N) is 3. The molecule has 0 bridgehead atoms. The van der Waals surface area contributed by atoms with Gasteiger partial charge < -0.3 is 0 Å². The highest BCUT2D eigenvalue weighted by Gasteiger charge is 2.19. The first-order chi connectivity index (χ1) is 10.1. The van der Waals surface area contributed by atoms with Gasteiger partial charge >= 0.3 is 0 Å². The first-order valence-corrected chi connectivity index (χ1v) is 6.87. The summed E-state index contributed by atoms with van der Waals surface area (Å²) in [4.78, 5) is 4.31. The SMILES string of the molecule is CC(Cl)c1nc2c(F)cccc2n1-c1ccccc1C#N. The fourth-order valence-electron chi connectivity index (χ4n) is 2.37. The van der Waals surface area contributed by atoms with Gasteiger partial charge in [0.05, 0.1) is 22.1 Å². The summed E-state index contributed by atoms with van der Waals surface area (Å²) in [6, 6.07) is 14.0. The Morgan fingerprint density at radius 2 is 2.00 bits per heavy atom. The normalized spacial score (nSPS) is 12.3. The fraction of sp³-hybridized carbons (Fsp3) is 0.125. The van der Waals surface area contributed by atoms with Crippen molar-refractivity contribution in [1.82, 2.24) is 9.55 Å². The molecule has 2 aromatic carbocycles. The highest BCUT2D eigenvalue weighted by molar-refractivity contribution is 6.20. The highest BCUT2D eigenvalue weighted by atomic mass is 35.5. The summed E-state index contributed by atoms with van der Waals surface area (Å²) in [6.45, 7) is 1.77. The van der Waals surface area contributed by atoms with Crippen LogP contribution in [0.2, 0.25) is 0 Å². The number of para-hydroxylation sites is 2. The van der Waals surface area contributed by atoms with E-state index in [4.69, 9.17) is 11.6 Å². The van der Waals surface area contributed by atoms with E-state index in [9.17, 15) is 9.65 Å². The van der Waals surface area contributed by atoms with Crippen LogP contribution in [-0.2, 0) is 0 Å². The Morgan fingerprint density at radius 1 is 1.24 bits per heavy atom. The molecule has 0 aliphatic carbocycles. The number of nitriles is 1. The third-order valence-electron chi connectivity index (χ3n) is 3.28. The lowest BCUT2D eigenvalue weighted by Crippen LogP contribution is -2.03. The minimum Gasteiger partial charge on any atom is -0.294 e. The van der Waals surface area contributed by atoms with Crippen molar-refractivity contribution in [2.75, 3.05) is 0 Å². The van der Waals surface area contributed by atoms with Crippen molar-refractivity contribution < 1.29 is 4.39 Å². The van der Waals surface area contributed by atoms with Crippen molar-refractivity contribution in [2.45, 2.75) is 12.3 Å². The summed E-state index contributed by atoms with van der Waals surface area (Å²) in [5.74, 6) is 0.110. The number of benzene rings is 2. The molecule has 0 aliphatic heterocycles. The van der Waals surface area contributed by atoms with Crippen molar-refractivity contribution in [1.29, 1.82) is 5.26 Å². The van der Waals surface area contributed by atoms with E-state index in [1.165, 1.54) is 6.07 Å². The van der Waals surface area contributed by atoms with Gasteiger partial charge in [0, 0.05) is 0 Å². The summed E-state index contributed by atoms with van der Waals surface area (Å²) < 4.78 is 15.7. The monoisotopic (exact) mass is 299 g/mol. The van der Waals surface area contributed by atoms with Crippen LogP contribution in [0.4, 0.5) is 4.39 Å². The van der Waals surface area contributed by atoms with Crippen molar-refractivity contribution in [3.8, 4) is 11.8 Å². The molecular weight excluding hydrogens is 289 g/mol. The number of hydrogen-bond donors (Lipinski definition) is 0. The molecule has 21 heavy (non-hydrogen) atoms. The maximum Gasteiger partial charge on any atom is 0.151 e. The van der Waals surface area contributed by atoms with Crippen LogP contribution in [0.25, 0.3) is 16.7 Å². The lowest BCUT2D eigenvalue weighted by molar-refractivity contribution is 0.637. The van der Waals surface area contributed by atoms with E-state index in [0.29, 0.717) is 22.6 Å². The number of imidazole rings is 1. The summed E-state index contributed by atoms with van der Waals surface area (Å²) in [7, 11) is 0. The Morgan fingerprint density at radius 3 is 2.71 bits per heavy atom. The summed E-state index contributed by atoms with van der Waals surface area (Å²) in [5, 5.41) is 8.87. The number of alkyl halides is 1. The number of hydrogen-bond acceptors (Lipinski definition) is 2. The molecule has 1 heterocycles. The second-order valence-corrected chi connectivity index (χ2v) is 5.31. The van der Waals surface area contributed by atoms with Crippen molar-refractivity contribution in [3.05, 3.63) is 59.7 Å². The zero-order chi connectivity index (χ0) is 15.0. The molecule has 3 rings (SSSR count). The van der Waals surface area contributed by atoms with Gasteiger partial charge in [-0.2, -0.15) is 5.26 Å². The maximum atomic E-state index is 14.0. The van der Waals surface area contributed by atoms with Gasteiger partial charge in [-0.25, -0.2) is 9.37 Å². The Hall–Kier alpha value is -2.38. The van der Waals surface area contributed by atoms with Gasteiger partial charge in [0.2, 0.25) is 0 Å². The first kappa shape index (κ1) is 13.6. The molecule has 0 aliphatic rings. The van der Waals surface area contributed by atoms with Gasteiger partial charge in [-0.05, 0) is 31.2 Å². The van der Waals surface area contributed by atoms with E-state index in [1.54, 1.807) is 41.8 Å². The first-order valence-electron chi connectivity index (χ1n) is 6.44. The molecule has 0 saturated heterocycles. The molecule has 1 aromatic heterocycles. The quantitative estimate of drug-likeness (QED) is 0.661. The van der Waals surface area contributed by atoms with Crippen LogP contribution in [0.1, 0.15) is 23.7 Å². The van der Waals surface area contributed by atoms with Gasteiger partial charge in [-0.3, -0.25) is 4.57 Å². The molecule has 1 unspecified atom stereocenters. The average Bonchev–Trinajstić information content (AvgIpc) is 2.88. The number of rotatable bonds is 2. The predicted octanol–water partition coefficient (Wildman–Crippen LogP) is 4.34. The third kappa shape index (κ3) is 2.16. The highest BCUT2D eigenvalue weighted by Crippen LogP contribution is 2.30. The zero-order valence-electron chi connectivity index (χ0n) is 11.2. The topological polar surface area (TPSA) is 41.6 Å². The van der Waals surface area contributed by atoms with Crippen LogP contribution in [0.3, 0.4) is 0 Å². The largest absolute Gasteiger partial charge is 0.294 e. The van der Waals surface area contributed by atoms with Crippen molar-refractivity contribution in [2.24, 2.45) is 0 Å². The second kappa shape index (κ2) is 5.19. The minimum absolute atomic E-state index is 0.257. The molecule has 0 radical (unpaired) electrons. The van der Waals surface area contributed by atoms with E-state index in [2.05, 4.69) is 11.1 Å². The lowest BCUT2D eigenvalue weighted by Gasteiger charge is -2.11. The van der Waals surface area contributed by atoms with Crippen LogP contribution in [-0.4, -0.2) is 9.55 Å². The Labute approximate surface area is 126 Å². The van der Waals surface area contributed by atoms with Gasteiger partial charge in [-0.15, -0.1) is 11.6 Å². The molecule has 0 N–H and O–H groups in total. The molecule has 0 amide bonds. The second-order valence-electron chi connectivity index (χ2n) is 4.66. The summed E-state index contributed by atoms with van der Waals surface area (Å²) in [5.41, 5.74) is 1.99. The van der Waals surface area contributed by atoms with Gasteiger partial charge in [0.25, 0.3) is 0 Å². The Kier molecular flexibility index (Phi) is 3.36. The lowest BCUT2D eigenvalue weighted by atomic mass is 10.2. The third-order valence-corrected chi connectivity index (χ3v) is 3.48. The molecule has 3 aromatic rings. The van der Waals surface area contributed by atoms with Gasteiger partial charge in [0.15, 0.2) is 5.82 Å². The molecule has 3 nitrogen and oxygen atoms in total. The predicted molar refractivity (Wildman–Crippen MR) is 80.0 cm³/mol. The van der Waals surface area contributed by atoms with E-state index in [0.717, 1.165) is 0 Å². The zero-order valence-corrected chi connectivity index (χ0v) is 12.0. The molecular formula is C16H11ClFN3. The fourth-order valence-corrected chi connectivity index (χ4v) is 2.51. The molecule has 0 saturated carbocycles. The summed E-state index contributed by atoms with van der Waals surface area (Å²) >= 11 is 6.19. The van der Waals surface area contributed by atoms with Crippen molar-refractivity contribution >= 4 is 22.6 Å².